The molecule has 2 fully saturated rings. The average Bonchev–Trinajstić information content (AvgIpc) is 2.86. The number of thioether (sulfide) groups is 1. The highest BCUT2D eigenvalue weighted by Gasteiger charge is 2.33. The molecule has 1 saturated heterocycles. The number of hydrogen-bond acceptors (Lipinski definition) is 5. The maximum Gasteiger partial charge on any atom is 0.254 e. The van der Waals surface area contributed by atoms with Crippen LogP contribution in [-0.2, 0) is 4.79 Å². The molecular formula is C26H32N2O4S. The Balaban J connectivity index is 1.37. The maximum absolute atomic E-state index is 13.3. The summed E-state index contributed by atoms with van der Waals surface area (Å²) in [4.78, 5) is 28.8. The average molecular weight is 469 g/mol. The van der Waals surface area contributed by atoms with Gasteiger partial charge in [-0.2, -0.15) is 0 Å². The van der Waals surface area contributed by atoms with E-state index in [1.807, 2.05) is 29.2 Å². The minimum Gasteiger partial charge on any atom is -0.493 e. The molecule has 0 bridgehead atoms. The summed E-state index contributed by atoms with van der Waals surface area (Å²) in [6, 6.07) is 12.9. The first-order valence-corrected chi connectivity index (χ1v) is 12.6. The van der Waals surface area contributed by atoms with Gasteiger partial charge in [0.15, 0.2) is 11.5 Å². The van der Waals surface area contributed by atoms with E-state index in [0.717, 1.165) is 30.3 Å². The molecule has 2 aromatic rings. The normalized spacial score (nSPS) is 20.0. The van der Waals surface area contributed by atoms with Gasteiger partial charge in [-0.05, 0) is 48.9 Å². The zero-order chi connectivity index (χ0) is 23.2. The minimum atomic E-state index is -0.141. The minimum absolute atomic E-state index is 0.0856. The second-order valence-electron chi connectivity index (χ2n) is 8.75. The largest absolute Gasteiger partial charge is 0.493 e. The molecule has 2 atom stereocenters. The number of piperidine rings is 1. The number of likely N-dealkylation sites (tertiary alicyclic amines) is 1. The third-order valence-electron chi connectivity index (χ3n) is 6.72. The van der Waals surface area contributed by atoms with E-state index in [4.69, 9.17) is 9.47 Å². The number of nitrogens with one attached hydrogen (secondary N) is 1. The Hall–Kier alpha value is -2.67. The number of rotatable bonds is 7. The van der Waals surface area contributed by atoms with Crippen molar-refractivity contribution in [3.05, 3.63) is 48.0 Å². The fourth-order valence-corrected chi connectivity index (χ4v) is 5.82. The van der Waals surface area contributed by atoms with E-state index in [9.17, 15) is 9.59 Å². The number of fused-ring (bicyclic) bond motifs is 1. The van der Waals surface area contributed by atoms with Gasteiger partial charge in [-0.25, -0.2) is 0 Å². The number of carbonyl (C=O) groups excluding carboxylic acids is 2. The standard InChI is InChI=1S/C26H32N2O4S/c1-31-22-12-11-20(15-23(22)32-2)27-25(29)17-33-24-10-6-5-9-21(24)26(30)28-14-13-18-7-3-4-8-19(18)16-28/h5-6,9-12,15,18-19H,3-4,7-8,13-14,16-17H2,1-2H3,(H,27,29)/t18-,19-/m0/s1. The molecule has 1 saturated carbocycles. The molecular weight excluding hydrogens is 436 g/mol. The van der Waals surface area contributed by atoms with Crippen LogP contribution in [0.1, 0.15) is 42.5 Å². The molecule has 1 heterocycles. The molecule has 1 N–H and O–H groups in total. The van der Waals surface area contributed by atoms with Crippen LogP contribution < -0.4 is 14.8 Å². The first-order chi connectivity index (χ1) is 16.1. The fourth-order valence-electron chi connectivity index (χ4n) is 4.98. The Labute approximate surface area is 200 Å². The molecule has 33 heavy (non-hydrogen) atoms. The predicted octanol–water partition coefficient (Wildman–Crippen LogP) is 5.09. The second kappa shape index (κ2) is 11.0. The molecule has 0 unspecified atom stereocenters. The Bertz CT molecular complexity index is 996. The van der Waals surface area contributed by atoms with E-state index in [-0.39, 0.29) is 17.6 Å². The summed E-state index contributed by atoms with van der Waals surface area (Å²) in [5, 5.41) is 2.89. The Morgan fingerprint density at radius 1 is 1.00 bits per heavy atom. The predicted molar refractivity (Wildman–Crippen MR) is 131 cm³/mol. The number of benzene rings is 2. The smallest absolute Gasteiger partial charge is 0.254 e. The molecule has 6 nitrogen and oxygen atoms in total. The molecule has 176 valence electrons. The molecule has 4 rings (SSSR count). The van der Waals surface area contributed by atoms with E-state index in [0.29, 0.717) is 28.7 Å². The third kappa shape index (κ3) is 5.64. The number of hydrogen-bond donors (Lipinski definition) is 1. The zero-order valence-corrected chi connectivity index (χ0v) is 20.2. The molecule has 1 aliphatic heterocycles. The number of amides is 2. The quantitative estimate of drug-likeness (QED) is 0.574. The molecule has 2 amide bonds. The van der Waals surface area contributed by atoms with E-state index in [1.54, 1.807) is 32.4 Å². The van der Waals surface area contributed by atoms with Crippen molar-refractivity contribution in [3.8, 4) is 11.5 Å². The van der Waals surface area contributed by atoms with E-state index >= 15 is 0 Å². The van der Waals surface area contributed by atoms with Gasteiger partial charge >= 0.3 is 0 Å². The molecule has 0 aromatic heterocycles. The summed E-state index contributed by atoms with van der Waals surface area (Å²) in [6.07, 6.45) is 6.28. The van der Waals surface area contributed by atoms with Gasteiger partial charge in [-0.15, -0.1) is 11.8 Å². The zero-order valence-electron chi connectivity index (χ0n) is 19.3. The maximum atomic E-state index is 13.3. The van der Waals surface area contributed by atoms with Crippen molar-refractivity contribution in [2.24, 2.45) is 11.8 Å². The van der Waals surface area contributed by atoms with Crippen molar-refractivity contribution in [2.45, 2.75) is 37.0 Å². The molecule has 2 aliphatic rings. The highest BCUT2D eigenvalue weighted by atomic mass is 32.2. The van der Waals surface area contributed by atoms with Crippen LogP contribution in [0.5, 0.6) is 11.5 Å². The summed E-state index contributed by atoms with van der Waals surface area (Å²) in [5.41, 5.74) is 1.33. The molecule has 0 radical (unpaired) electrons. The number of anilines is 1. The van der Waals surface area contributed by atoms with Gasteiger partial charge < -0.3 is 19.7 Å². The van der Waals surface area contributed by atoms with Crippen LogP contribution in [0.4, 0.5) is 5.69 Å². The van der Waals surface area contributed by atoms with Crippen molar-refractivity contribution >= 4 is 29.3 Å². The Morgan fingerprint density at radius 2 is 1.76 bits per heavy atom. The highest BCUT2D eigenvalue weighted by molar-refractivity contribution is 8.00. The SMILES string of the molecule is COc1ccc(NC(=O)CSc2ccccc2C(=O)N2CC[C@@H]3CCCC[C@H]3C2)cc1OC. The monoisotopic (exact) mass is 468 g/mol. The summed E-state index contributed by atoms with van der Waals surface area (Å²) >= 11 is 1.39. The summed E-state index contributed by atoms with van der Waals surface area (Å²) in [5.74, 6) is 2.75. The number of ether oxygens (including phenoxy) is 2. The lowest BCUT2D eigenvalue weighted by molar-refractivity contribution is -0.113. The van der Waals surface area contributed by atoms with Crippen molar-refractivity contribution < 1.29 is 19.1 Å². The highest BCUT2D eigenvalue weighted by Crippen LogP contribution is 2.37. The lowest BCUT2D eigenvalue weighted by atomic mass is 9.75. The summed E-state index contributed by atoms with van der Waals surface area (Å²) in [6.45, 7) is 1.70. The molecule has 2 aromatic carbocycles. The van der Waals surface area contributed by atoms with Crippen molar-refractivity contribution in [2.75, 3.05) is 38.4 Å². The van der Waals surface area contributed by atoms with Crippen LogP contribution >= 0.6 is 11.8 Å². The van der Waals surface area contributed by atoms with E-state index in [1.165, 1.54) is 37.4 Å². The van der Waals surface area contributed by atoms with Gasteiger partial charge in [0.25, 0.3) is 5.91 Å². The van der Waals surface area contributed by atoms with Crippen LogP contribution in [0, 0.1) is 11.8 Å². The van der Waals surface area contributed by atoms with Crippen LogP contribution in [0.3, 0.4) is 0 Å². The lowest BCUT2D eigenvalue weighted by Crippen LogP contribution is -2.44. The summed E-state index contributed by atoms with van der Waals surface area (Å²) < 4.78 is 10.5. The lowest BCUT2D eigenvalue weighted by Gasteiger charge is -2.41. The first-order valence-electron chi connectivity index (χ1n) is 11.6. The Morgan fingerprint density at radius 3 is 2.55 bits per heavy atom. The first kappa shape index (κ1) is 23.5. The molecule has 1 aliphatic carbocycles. The Kier molecular flexibility index (Phi) is 7.81. The van der Waals surface area contributed by atoms with Gasteiger partial charge in [0.05, 0.1) is 25.5 Å². The van der Waals surface area contributed by atoms with Crippen LogP contribution in [0.2, 0.25) is 0 Å². The van der Waals surface area contributed by atoms with Gasteiger partial charge in [0.2, 0.25) is 5.91 Å². The number of methoxy groups -OCH3 is 2. The van der Waals surface area contributed by atoms with Gasteiger partial charge in [-0.3, -0.25) is 9.59 Å². The van der Waals surface area contributed by atoms with Crippen LogP contribution in [-0.4, -0.2) is 49.8 Å². The number of carbonyl (C=O) groups is 2. The third-order valence-corrected chi connectivity index (χ3v) is 7.80. The van der Waals surface area contributed by atoms with Crippen LogP contribution in [0.25, 0.3) is 0 Å². The van der Waals surface area contributed by atoms with Gasteiger partial charge in [0.1, 0.15) is 0 Å². The molecule has 0 spiro atoms. The fraction of sp³-hybridized carbons (Fsp3) is 0.462. The number of nitrogens with zero attached hydrogens (tertiary/aromatic N) is 1. The topological polar surface area (TPSA) is 67.9 Å². The van der Waals surface area contributed by atoms with E-state index < -0.39 is 0 Å². The van der Waals surface area contributed by atoms with Crippen molar-refractivity contribution in [3.63, 3.8) is 0 Å². The van der Waals surface area contributed by atoms with Crippen LogP contribution in [0.15, 0.2) is 47.4 Å². The van der Waals surface area contributed by atoms with E-state index in [2.05, 4.69) is 5.32 Å². The van der Waals surface area contributed by atoms with Gasteiger partial charge in [-0.1, -0.05) is 31.4 Å². The van der Waals surface area contributed by atoms with Crippen molar-refractivity contribution in [1.82, 2.24) is 4.90 Å². The summed E-state index contributed by atoms with van der Waals surface area (Å²) in [7, 11) is 3.13. The van der Waals surface area contributed by atoms with Crippen molar-refractivity contribution in [1.29, 1.82) is 0 Å². The second-order valence-corrected chi connectivity index (χ2v) is 9.76. The molecule has 7 heteroatoms. The van der Waals surface area contributed by atoms with Gasteiger partial charge in [0, 0.05) is 29.7 Å².